The van der Waals surface area contributed by atoms with Crippen LogP contribution >= 0.6 is 0 Å². The van der Waals surface area contributed by atoms with E-state index in [1.165, 1.54) is 5.56 Å². The van der Waals surface area contributed by atoms with Crippen LogP contribution in [-0.4, -0.2) is 59.0 Å². The van der Waals surface area contributed by atoms with Gasteiger partial charge in [-0.2, -0.15) is 0 Å². The Morgan fingerprint density at radius 2 is 2.06 bits per heavy atom. The molecule has 32 heavy (non-hydrogen) atoms. The zero-order valence-electron chi connectivity index (χ0n) is 18.5. The third-order valence-electron chi connectivity index (χ3n) is 5.22. The van der Waals surface area contributed by atoms with Crippen molar-refractivity contribution in [1.82, 2.24) is 30.8 Å². The number of nitrogens with zero attached hydrogens (tertiary/aromatic N) is 5. The second-order valence-electron chi connectivity index (χ2n) is 7.59. The molecular formula is C22H33N7O3. The highest BCUT2D eigenvalue weighted by Crippen LogP contribution is 2.27. The van der Waals surface area contributed by atoms with Gasteiger partial charge in [0.15, 0.2) is 5.69 Å². The van der Waals surface area contributed by atoms with Gasteiger partial charge in [-0.1, -0.05) is 12.1 Å². The van der Waals surface area contributed by atoms with Gasteiger partial charge >= 0.3 is 6.09 Å². The van der Waals surface area contributed by atoms with Crippen LogP contribution in [0.5, 0.6) is 0 Å². The Labute approximate surface area is 190 Å². The number of carbonyl (C=O) groups is 1. The highest BCUT2D eigenvalue weighted by Gasteiger charge is 2.27. The topological polar surface area (TPSA) is 118 Å². The van der Waals surface area contributed by atoms with Gasteiger partial charge in [-0.3, -0.25) is 4.98 Å². The number of rotatable bonds is 7. The normalized spacial score (nSPS) is 15.7. The number of hydrogen-bond donors (Lipinski definition) is 2. The van der Waals surface area contributed by atoms with Crippen molar-refractivity contribution in [3.8, 4) is 23.0 Å². The van der Waals surface area contributed by atoms with Crippen molar-refractivity contribution >= 4 is 11.9 Å². The summed E-state index contributed by atoms with van der Waals surface area (Å²) in [6, 6.07) is 7.96. The van der Waals surface area contributed by atoms with Crippen LogP contribution < -0.4 is 15.5 Å². The monoisotopic (exact) mass is 443 g/mol. The molecule has 0 saturated carbocycles. The largest absolute Gasteiger partial charge is 0.444 e. The van der Waals surface area contributed by atoms with Gasteiger partial charge in [-0.15, -0.1) is 10.2 Å². The number of benzene rings is 1. The van der Waals surface area contributed by atoms with Crippen LogP contribution in [0.25, 0.3) is 23.0 Å². The summed E-state index contributed by atoms with van der Waals surface area (Å²) in [5, 5.41) is 14.2. The van der Waals surface area contributed by atoms with E-state index < -0.39 is 6.09 Å². The van der Waals surface area contributed by atoms with E-state index in [9.17, 15) is 4.79 Å². The first-order chi connectivity index (χ1) is 15.6. The summed E-state index contributed by atoms with van der Waals surface area (Å²) in [6.07, 6.45) is 1.86. The second-order valence-corrected chi connectivity index (χ2v) is 7.59. The molecule has 10 nitrogen and oxygen atoms in total. The van der Waals surface area contributed by atoms with E-state index in [1.54, 1.807) is 6.20 Å². The van der Waals surface area contributed by atoms with Crippen molar-refractivity contribution in [2.75, 3.05) is 31.6 Å². The average molecular weight is 444 g/mol. The maximum Gasteiger partial charge on any atom is 0.407 e. The average Bonchev–Trinajstić information content (AvgIpc) is 3.45. The molecule has 1 atom stereocenters. The van der Waals surface area contributed by atoms with Crippen molar-refractivity contribution in [3.63, 3.8) is 0 Å². The van der Waals surface area contributed by atoms with Gasteiger partial charge < -0.3 is 24.7 Å². The van der Waals surface area contributed by atoms with E-state index in [2.05, 4.69) is 25.8 Å². The first-order valence-corrected chi connectivity index (χ1v) is 10.7. The Hall–Kier alpha value is -3.53. The summed E-state index contributed by atoms with van der Waals surface area (Å²) in [5.41, 5.74) is 3.25. The Morgan fingerprint density at radius 3 is 2.81 bits per heavy atom. The van der Waals surface area contributed by atoms with Crippen LogP contribution in [0.15, 0.2) is 34.9 Å². The number of nitrogens with one attached hydrogen (secondary N) is 2. The number of hydrogen-bond acceptors (Lipinski definition) is 9. The van der Waals surface area contributed by atoms with Gasteiger partial charge in [0.2, 0.25) is 5.89 Å². The summed E-state index contributed by atoms with van der Waals surface area (Å²) in [7, 11) is 1.91. The smallest absolute Gasteiger partial charge is 0.407 e. The molecule has 1 aliphatic heterocycles. The quantitative estimate of drug-likeness (QED) is 0.567. The lowest BCUT2D eigenvalue weighted by Crippen LogP contribution is -2.31. The molecule has 1 amide bonds. The van der Waals surface area contributed by atoms with Gasteiger partial charge in [0.25, 0.3) is 5.89 Å². The number of carbonyl (C=O) groups excluding carboxylic acids is 1. The molecular weight excluding hydrogens is 410 g/mol. The van der Waals surface area contributed by atoms with E-state index >= 15 is 0 Å². The molecule has 0 bridgehead atoms. The van der Waals surface area contributed by atoms with Crippen molar-refractivity contribution in [2.45, 2.75) is 32.9 Å². The van der Waals surface area contributed by atoms with Crippen LogP contribution in [0.1, 0.15) is 28.9 Å². The Balaban J connectivity index is 0.00000204. The van der Waals surface area contributed by atoms with E-state index in [-0.39, 0.29) is 10.4 Å². The molecule has 1 aromatic carbocycles. The number of ether oxygens (including phenoxy) is 1. The molecule has 1 saturated heterocycles. The summed E-state index contributed by atoms with van der Waals surface area (Å²) in [5.74, 6) is 1.43. The second kappa shape index (κ2) is 9.73. The Kier molecular flexibility index (Phi) is 6.60. The number of aryl methyl sites for hydroxylation is 1. The number of anilines is 1. The zero-order chi connectivity index (χ0) is 22.5. The fourth-order valence-electron chi connectivity index (χ4n) is 3.57. The molecule has 174 valence electrons. The summed E-state index contributed by atoms with van der Waals surface area (Å²) < 4.78 is 11.4. The lowest BCUT2D eigenvalue weighted by atomic mass is 10.1. The third-order valence-corrected chi connectivity index (χ3v) is 5.22. The molecule has 2 N–H and O–H groups in total. The van der Waals surface area contributed by atoms with Crippen LogP contribution in [0, 0.1) is 6.92 Å². The molecule has 3 aromatic rings. The molecule has 1 aliphatic rings. The van der Waals surface area contributed by atoms with Crippen molar-refractivity contribution < 1.29 is 18.2 Å². The van der Waals surface area contributed by atoms with E-state index in [0.29, 0.717) is 42.1 Å². The van der Waals surface area contributed by atoms with E-state index in [0.717, 1.165) is 25.1 Å². The highest BCUT2D eigenvalue weighted by molar-refractivity contribution is 5.67. The van der Waals surface area contributed by atoms with E-state index in [4.69, 9.17) is 14.1 Å². The fraction of sp³-hybridized carbons (Fsp3) is 0.409. The van der Waals surface area contributed by atoms with Crippen LogP contribution in [0.2, 0.25) is 0 Å². The molecule has 3 heterocycles. The molecule has 0 unspecified atom stereocenters. The maximum absolute atomic E-state index is 11.7. The highest BCUT2D eigenvalue weighted by atomic mass is 16.6. The minimum absolute atomic E-state index is 0. The van der Waals surface area contributed by atoms with E-state index in [1.807, 2.05) is 50.1 Å². The first-order valence-electron chi connectivity index (χ1n) is 10.7. The predicted molar refractivity (Wildman–Crippen MR) is 125 cm³/mol. The van der Waals surface area contributed by atoms with Gasteiger partial charge in [0, 0.05) is 35.9 Å². The lowest BCUT2D eigenvalue weighted by Gasteiger charge is -2.18. The molecule has 0 spiro atoms. The standard InChI is InChI=1S/C22H27N7O3.3H2/c1-4-24-22(30)31-17-9-10-29(13-17)18-12-25-14(2)19(26-18)21-28-27-20(32-21)16-7-5-15(6-8-16)11-23-3;;;/h5-8,12,17,23H,4,9-11,13H2,1-3H3,(H,24,30);3*1H/t17-;;;/m1.../s1. The maximum atomic E-state index is 11.7. The van der Waals surface area contributed by atoms with Crippen LogP contribution in [0.3, 0.4) is 0 Å². The minimum Gasteiger partial charge on any atom is -0.444 e. The third kappa shape index (κ3) is 4.86. The minimum atomic E-state index is -0.396. The van der Waals surface area contributed by atoms with Crippen molar-refractivity contribution in [2.24, 2.45) is 0 Å². The van der Waals surface area contributed by atoms with Gasteiger partial charge in [-0.05, 0) is 38.6 Å². The summed E-state index contributed by atoms with van der Waals surface area (Å²) >= 11 is 0. The number of alkyl carbamates (subject to hydrolysis) is 1. The molecule has 0 radical (unpaired) electrons. The predicted octanol–water partition coefficient (Wildman–Crippen LogP) is 3.28. The molecule has 4 rings (SSSR count). The van der Waals surface area contributed by atoms with Crippen molar-refractivity contribution in [1.29, 1.82) is 0 Å². The summed E-state index contributed by atoms with van der Waals surface area (Å²) in [4.78, 5) is 22.9. The van der Waals surface area contributed by atoms with Gasteiger partial charge in [0.05, 0.1) is 18.4 Å². The number of amides is 1. The van der Waals surface area contributed by atoms with Gasteiger partial charge in [0.1, 0.15) is 11.9 Å². The Bertz CT molecular complexity index is 1080. The Morgan fingerprint density at radius 1 is 1.28 bits per heavy atom. The fourth-order valence-corrected chi connectivity index (χ4v) is 3.57. The molecule has 10 heteroatoms. The SMILES string of the molecule is CCNC(=O)O[C@@H]1CCN(c2cnc(C)c(-c3nnc(-c4ccc(CNC)cc4)o3)n2)C1.[HH].[HH].[HH]. The first kappa shape index (κ1) is 21.7. The summed E-state index contributed by atoms with van der Waals surface area (Å²) in [6.45, 7) is 6.32. The van der Waals surface area contributed by atoms with Crippen LogP contribution in [-0.2, 0) is 11.3 Å². The van der Waals surface area contributed by atoms with Gasteiger partial charge in [-0.25, -0.2) is 9.78 Å². The molecule has 2 aromatic heterocycles. The molecule has 0 aliphatic carbocycles. The number of aromatic nitrogens is 4. The zero-order valence-corrected chi connectivity index (χ0v) is 18.5. The van der Waals surface area contributed by atoms with Crippen LogP contribution in [0.4, 0.5) is 10.6 Å². The lowest BCUT2D eigenvalue weighted by molar-refractivity contribution is 0.108. The van der Waals surface area contributed by atoms with Crippen molar-refractivity contribution in [3.05, 3.63) is 41.7 Å². The molecule has 1 fully saturated rings.